The Hall–Kier alpha value is -4.33. The van der Waals surface area contributed by atoms with Crippen LogP contribution in [0.4, 0.5) is 10.5 Å². The van der Waals surface area contributed by atoms with Gasteiger partial charge in [-0.25, -0.2) is 4.79 Å². The number of aromatic hydroxyl groups is 1. The number of phenols is 1. The Kier molecular flexibility index (Phi) is 9.01. The third kappa shape index (κ3) is 7.87. The predicted octanol–water partition coefficient (Wildman–Crippen LogP) is 5.82. The van der Waals surface area contributed by atoms with E-state index in [9.17, 15) is 19.5 Å². The first-order chi connectivity index (χ1) is 19.4. The molecule has 1 aliphatic carbocycles. The van der Waals surface area contributed by atoms with Crippen LogP contribution in [0.3, 0.4) is 0 Å². The average molecular weight is 558 g/mol. The smallest absolute Gasteiger partial charge is 0.408 e. The molecular weight excluding hydrogens is 518 g/mol. The van der Waals surface area contributed by atoms with Gasteiger partial charge in [0, 0.05) is 18.2 Å². The van der Waals surface area contributed by atoms with Gasteiger partial charge in [0.2, 0.25) is 5.91 Å². The van der Waals surface area contributed by atoms with Crippen LogP contribution < -0.4 is 10.6 Å². The second kappa shape index (κ2) is 12.5. The molecule has 1 aliphatic rings. The van der Waals surface area contributed by atoms with E-state index in [2.05, 4.69) is 10.6 Å². The van der Waals surface area contributed by atoms with Crippen molar-refractivity contribution in [1.29, 1.82) is 0 Å². The lowest BCUT2D eigenvalue weighted by atomic mass is 9.99. The van der Waals surface area contributed by atoms with Crippen LogP contribution in [0, 0.1) is 13.8 Å². The summed E-state index contributed by atoms with van der Waals surface area (Å²) in [6.45, 7) is 9.13. The predicted molar refractivity (Wildman–Crippen MR) is 159 cm³/mol. The highest BCUT2D eigenvalue weighted by atomic mass is 16.6. The zero-order valence-electron chi connectivity index (χ0n) is 24.3. The Balaban J connectivity index is 1.72. The summed E-state index contributed by atoms with van der Waals surface area (Å²) in [7, 11) is 0. The summed E-state index contributed by atoms with van der Waals surface area (Å²) in [6.07, 6.45) is 0.942. The Morgan fingerprint density at radius 2 is 1.54 bits per heavy atom. The number of carbonyl (C=O) groups is 3. The number of amides is 3. The van der Waals surface area contributed by atoms with Crippen molar-refractivity contribution in [2.75, 3.05) is 5.32 Å². The van der Waals surface area contributed by atoms with Crippen LogP contribution >= 0.6 is 0 Å². The summed E-state index contributed by atoms with van der Waals surface area (Å²) in [5.74, 6) is -0.602. The van der Waals surface area contributed by atoms with Crippen molar-refractivity contribution in [3.05, 3.63) is 95.1 Å². The summed E-state index contributed by atoms with van der Waals surface area (Å²) in [5, 5.41) is 15.6. The number of hydrogen-bond acceptors (Lipinski definition) is 5. The van der Waals surface area contributed by atoms with Gasteiger partial charge in [0.05, 0.1) is 0 Å². The maximum atomic E-state index is 14.4. The van der Waals surface area contributed by atoms with E-state index in [4.69, 9.17) is 4.74 Å². The highest BCUT2D eigenvalue weighted by molar-refractivity contribution is 6.00. The van der Waals surface area contributed by atoms with Gasteiger partial charge in [-0.3, -0.25) is 9.59 Å². The van der Waals surface area contributed by atoms with Crippen molar-refractivity contribution >= 4 is 23.6 Å². The number of benzene rings is 3. The number of para-hydroxylation sites is 1. The average Bonchev–Trinajstić information content (AvgIpc) is 3.74. The van der Waals surface area contributed by atoms with E-state index in [-0.39, 0.29) is 30.0 Å². The number of nitrogens with zero attached hydrogens (tertiary/aromatic N) is 1. The first kappa shape index (κ1) is 29.6. The van der Waals surface area contributed by atoms with Crippen molar-refractivity contribution in [3.8, 4) is 5.75 Å². The normalized spacial score (nSPS) is 14.5. The number of anilines is 1. The number of nitrogens with one attached hydrogen (secondary N) is 2. The van der Waals surface area contributed by atoms with Gasteiger partial charge in [0.25, 0.3) is 5.91 Å². The summed E-state index contributed by atoms with van der Waals surface area (Å²) < 4.78 is 5.49. The minimum atomic E-state index is -1.01. The molecule has 0 radical (unpaired) electrons. The lowest BCUT2D eigenvalue weighted by molar-refractivity contribution is -0.141. The Morgan fingerprint density at radius 1 is 0.927 bits per heavy atom. The fraction of sp³-hybridized carbons (Fsp3) is 0.364. The molecular formula is C33H39N3O5. The van der Waals surface area contributed by atoms with Gasteiger partial charge in [0.1, 0.15) is 23.4 Å². The van der Waals surface area contributed by atoms with Crippen LogP contribution in [0.1, 0.15) is 61.9 Å². The second-order valence-corrected chi connectivity index (χ2v) is 11.6. The van der Waals surface area contributed by atoms with Crippen molar-refractivity contribution in [3.63, 3.8) is 0 Å². The maximum absolute atomic E-state index is 14.4. The molecule has 3 aromatic rings. The third-order valence-electron chi connectivity index (χ3n) is 6.93. The Labute approximate surface area is 241 Å². The topological polar surface area (TPSA) is 108 Å². The molecule has 0 spiro atoms. The molecule has 0 bridgehead atoms. The highest BCUT2D eigenvalue weighted by Crippen LogP contribution is 2.37. The van der Waals surface area contributed by atoms with Gasteiger partial charge < -0.3 is 25.4 Å². The summed E-state index contributed by atoms with van der Waals surface area (Å²) in [6, 6.07) is 19.4. The number of hydrogen-bond donors (Lipinski definition) is 3. The van der Waals surface area contributed by atoms with E-state index < -0.39 is 23.8 Å². The van der Waals surface area contributed by atoms with E-state index in [0.717, 1.165) is 29.5 Å². The van der Waals surface area contributed by atoms with E-state index in [1.807, 2.05) is 62.4 Å². The first-order valence-corrected chi connectivity index (χ1v) is 13.9. The summed E-state index contributed by atoms with van der Waals surface area (Å²) in [4.78, 5) is 43.0. The molecule has 8 heteroatoms. The van der Waals surface area contributed by atoms with Gasteiger partial charge in [-0.15, -0.1) is 0 Å². The van der Waals surface area contributed by atoms with Gasteiger partial charge in [0.15, 0.2) is 0 Å². The molecule has 3 amide bonds. The molecule has 8 nitrogen and oxygen atoms in total. The number of carbonyl (C=O) groups excluding carboxylic acids is 3. The molecule has 0 heterocycles. The van der Waals surface area contributed by atoms with E-state index in [1.54, 1.807) is 37.8 Å². The number of ether oxygens (including phenoxy) is 1. The van der Waals surface area contributed by atoms with Crippen LogP contribution in [0.15, 0.2) is 72.8 Å². The van der Waals surface area contributed by atoms with E-state index in [0.29, 0.717) is 11.3 Å². The van der Waals surface area contributed by atoms with Crippen LogP contribution in [-0.4, -0.2) is 45.6 Å². The highest BCUT2D eigenvalue weighted by Gasteiger charge is 2.44. The standard InChI is InChI=1S/C33H39N3O5/c1-21-10-9-11-22(2)28(21)35-30(38)29(24-12-7-6-8-13-24)36(25-16-17-25)31(39)27(34-32(40)41-33(3,4)5)20-23-14-18-26(37)19-15-23/h6-15,18-19,25,27,29,37H,16-17,20H2,1-5H3,(H,34,40)(H,35,38). The summed E-state index contributed by atoms with van der Waals surface area (Å²) in [5.41, 5.74) is 3.22. The van der Waals surface area contributed by atoms with Crippen molar-refractivity contribution in [2.45, 2.75) is 77.6 Å². The van der Waals surface area contributed by atoms with Crippen molar-refractivity contribution in [1.82, 2.24) is 10.2 Å². The van der Waals surface area contributed by atoms with E-state index >= 15 is 0 Å². The molecule has 2 unspecified atom stereocenters. The monoisotopic (exact) mass is 557 g/mol. The number of aryl methyl sites for hydroxylation is 2. The molecule has 41 heavy (non-hydrogen) atoms. The summed E-state index contributed by atoms with van der Waals surface area (Å²) >= 11 is 0. The Morgan fingerprint density at radius 3 is 2.10 bits per heavy atom. The third-order valence-corrected chi connectivity index (χ3v) is 6.93. The fourth-order valence-electron chi connectivity index (χ4n) is 4.85. The Bertz CT molecular complexity index is 1360. The lowest BCUT2D eigenvalue weighted by Gasteiger charge is -2.35. The van der Waals surface area contributed by atoms with Gasteiger partial charge in [-0.05, 0) is 81.8 Å². The molecule has 2 atom stereocenters. The zero-order chi connectivity index (χ0) is 29.7. The molecule has 1 fully saturated rings. The van der Waals surface area contributed by atoms with Gasteiger partial charge in [-0.1, -0.05) is 60.7 Å². The van der Waals surface area contributed by atoms with Gasteiger partial charge in [-0.2, -0.15) is 0 Å². The van der Waals surface area contributed by atoms with Crippen molar-refractivity contribution < 1.29 is 24.2 Å². The molecule has 4 rings (SSSR count). The minimum absolute atomic E-state index is 0.101. The molecule has 3 aromatic carbocycles. The molecule has 0 saturated heterocycles. The second-order valence-electron chi connectivity index (χ2n) is 11.6. The van der Waals surface area contributed by atoms with Gasteiger partial charge >= 0.3 is 6.09 Å². The largest absolute Gasteiger partial charge is 0.508 e. The number of alkyl carbamates (subject to hydrolysis) is 1. The quantitative estimate of drug-likeness (QED) is 0.308. The SMILES string of the molecule is Cc1cccc(C)c1NC(=O)C(c1ccccc1)N(C(=O)C(Cc1ccc(O)cc1)NC(=O)OC(C)(C)C)C1CC1. The molecule has 216 valence electrons. The molecule has 0 aliphatic heterocycles. The lowest BCUT2D eigenvalue weighted by Crippen LogP contribution is -2.54. The van der Waals surface area contributed by atoms with Crippen LogP contribution in [-0.2, 0) is 20.7 Å². The minimum Gasteiger partial charge on any atom is -0.508 e. The zero-order valence-corrected chi connectivity index (χ0v) is 24.3. The molecule has 1 saturated carbocycles. The number of rotatable bonds is 9. The molecule has 3 N–H and O–H groups in total. The van der Waals surface area contributed by atoms with Crippen LogP contribution in [0.5, 0.6) is 5.75 Å². The van der Waals surface area contributed by atoms with Crippen LogP contribution in [0.25, 0.3) is 0 Å². The molecule has 0 aromatic heterocycles. The van der Waals surface area contributed by atoms with Crippen molar-refractivity contribution in [2.24, 2.45) is 0 Å². The maximum Gasteiger partial charge on any atom is 0.408 e. The van der Waals surface area contributed by atoms with Crippen LogP contribution in [0.2, 0.25) is 0 Å². The first-order valence-electron chi connectivity index (χ1n) is 13.9. The van der Waals surface area contributed by atoms with E-state index in [1.165, 1.54) is 12.1 Å². The fourth-order valence-corrected chi connectivity index (χ4v) is 4.85. The number of phenolic OH excluding ortho intramolecular Hbond substituents is 1.